The first-order chi connectivity index (χ1) is 29.1. The fraction of sp³-hybridized carbons (Fsp3) is 0.729. The largest absolute Gasteiger partial charge is 0.457 e. The van der Waals surface area contributed by atoms with Gasteiger partial charge in [-0.05, 0) is 74.1 Å². The Morgan fingerprint density at radius 2 is 1.20 bits per heavy atom. The molecular formula is C48H78FNO10. The smallest absolute Gasteiger partial charge is 0.220 e. The number of ether oxygens (including phenoxy) is 3. The van der Waals surface area contributed by atoms with Crippen molar-refractivity contribution in [3.63, 3.8) is 0 Å². The molecule has 7 N–H and O–H groups in total. The molecule has 1 saturated heterocycles. The van der Waals surface area contributed by atoms with Crippen molar-refractivity contribution < 1.29 is 54.0 Å². The lowest BCUT2D eigenvalue weighted by Gasteiger charge is -2.39. The van der Waals surface area contributed by atoms with Crippen LogP contribution in [0, 0.1) is 5.82 Å². The Morgan fingerprint density at radius 1 is 0.683 bits per heavy atom. The van der Waals surface area contributed by atoms with E-state index >= 15 is 0 Å². The third kappa shape index (κ3) is 20.9. The quantitative estimate of drug-likeness (QED) is 0.0340. The van der Waals surface area contributed by atoms with Crippen LogP contribution < -0.4 is 10.1 Å². The van der Waals surface area contributed by atoms with Gasteiger partial charge in [0.15, 0.2) is 6.29 Å². The molecule has 1 heterocycles. The molecule has 1 aliphatic heterocycles. The molecule has 2 aromatic rings. The number of aliphatic hydroxyl groups excluding tert-OH is 6. The molecule has 0 aliphatic carbocycles. The number of rotatable bonds is 34. The number of aliphatic hydroxyl groups is 6. The van der Waals surface area contributed by atoms with Crippen LogP contribution in [0.5, 0.6) is 11.5 Å². The van der Waals surface area contributed by atoms with Gasteiger partial charge in [-0.2, -0.15) is 0 Å². The third-order valence-corrected chi connectivity index (χ3v) is 11.7. The molecule has 2 aromatic carbocycles. The maximum atomic E-state index is 13.1. The maximum absolute atomic E-state index is 13.1. The monoisotopic (exact) mass is 848 g/mol. The molecule has 0 radical (unpaired) electrons. The highest BCUT2D eigenvalue weighted by Gasteiger charge is 2.44. The molecule has 1 amide bonds. The number of halogens is 1. The molecule has 2 unspecified atom stereocenters. The van der Waals surface area contributed by atoms with E-state index in [1.54, 1.807) is 12.1 Å². The molecule has 8 atom stereocenters. The Balaban J connectivity index is 1.31. The van der Waals surface area contributed by atoms with Crippen LogP contribution in [0.15, 0.2) is 48.5 Å². The van der Waals surface area contributed by atoms with Crippen molar-refractivity contribution >= 4 is 5.91 Å². The fourth-order valence-electron chi connectivity index (χ4n) is 7.80. The lowest BCUT2D eigenvalue weighted by molar-refractivity contribution is -0.301. The van der Waals surface area contributed by atoms with Crippen molar-refractivity contribution in [2.75, 3.05) is 13.2 Å². The molecule has 3 rings (SSSR count). The number of carbonyl (C=O) groups is 1. The van der Waals surface area contributed by atoms with Crippen LogP contribution in [-0.2, 0) is 20.7 Å². The van der Waals surface area contributed by atoms with Crippen LogP contribution in [-0.4, -0.2) is 98.7 Å². The van der Waals surface area contributed by atoms with Gasteiger partial charge in [0.25, 0.3) is 0 Å². The second-order valence-electron chi connectivity index (χ2n) is 16.8. The second-order valence-corrected chi connectivity index (χ2v) is 16.8. The lowest BCUT2D eigenvalue weighted by Crippen LogP contribution is -2.59. The first-order valence-corrected chi connectivity index (χ1v) is 23.2. The summed E-state index contributed by atoms with van der Waals surface area (Å²) in [6.07, 6.45) is 15.0. The van der Waals surface area contributed by atoms with E-state index < -0.39 is 55.6 Å². The summed E-state index contributed by atoms with van der Waals surface area (Å²) in [5.74, 6) is 0.806. The minimum Gasteiger partial charge on any atom is -0.457 e. The van der Waals surface area contributed by atoms with Gasteiger partial charge < -0.3 is 50.2 Å². The molecule has 0 aromatic heterocycles. The zero-order valence-corrected chi connectivity index (χ0v) is 36.3. The van der Waals surface area contributed by atoms with E-state index in [1.807, 2.05) is 12.1 Å². The van der Waals surface area contributed by atoms with Crippen LogP contribution in [0.2, 0.25) is 0 Å². The van der Waals surface area contributed by atoms with Gasteiger partial charge in [-0.3, -0.25) is 4.79 Å². The van der Waals surface area contributed by atoms with Crippen LogP contribution in [0.25, 0.3) is 0 Å². The van der Waals surface area contributed by atoms with E-state index in [4.69, 9.17) is 14.2 Å². The highest BCUT2D eigenvalue weighted by atomic mass is 19.1. The number of amides is 1. The number of hydrogen-bond acceptors (Lipinski definition) is 10. The summed E-state index contributed by atoms with van der Waals surface area (Å²) >= 11 is 0. The molecule has 0 spiro atoms. The summed E-state index contributed by atoms with van der Waals surface area (Å²) in [6, 6.07) is 13.2. The van der Waals surface area contributed by atoms with Crippen LogP contribution >= 0.6 is 0 Å². The first-order valence-electron chi connectivity index (χ1n) is 23.2. The van der Waals surface area contributed by atoms with E-state index in [0.717, 1.165) is 82.8 Å². The summed E-state index contributed by atoms with van der Waals surface area (Å²) < 4.78 is 30.0. The first kappa shape index (κ1) is 51.7. The Kier molecular flexibility index (Phi) is 26.9. The molecule has 60 heavy (non-hydrogen) atoms. The van der Waals surface area contributed by atoms with E-state index in [1.165, 1.54) is 69.1 Å². The number of nitrogens with one attached hydrogen (secondary N) is 1. The van der Waals surface area contributed by atoms with E-state index in [0.29, 0.717) is 25.0 Å². The molecule has 0 saturated carbocycles. The average Bonchev–Trinajstić information content (AvgIpc) is 3.25. The van der Waals surface area contributed by atoms with E-state index in [-0.39, 0.29) is 24.8 Å². The van der Waals surface area contributed by atoms with Gasteiger partial charge in [0.2, 0.25) is 5.91 Å². The highest BCUT2D eigenvalue weighted by molar-refractivity contribution is 5.76. The Hall–Kier alpha value is -2.68. The molecule has 12 heteroatoms. The van der Waals surface area contributed by atoms with Gasteiger partial charge >= 0.3 is 0 Å². The Labute approximate surface area is 359 Å². The van der Waals surface area contributed by atoms with Crippen molar-refractivity contribution in [3.05, 3.63) is 59.9 Å². The van der Waals surface area contributed by atoms with Gasteiger partial charge in [0, 0.05) is 6.42 Å². The van der Waals surface area contributed by atoms with Gasteiger partial charge in [0.05, 0.1) is 25.4 Å². The van der Waals surface area contributed by atoms with Gasteiger partial charge in [-0.25, -0.2) is 4.39 Å². The second kappa shape index (κ2) is 31.2. The van der Waals surface area contributed by atoms with Crippen molar-refractivity contribution in [1.29, 1.82) is 0 Å². The Bertz CT molecular complexity index is 1370. The van der Waals surface area contributed by atoms with Crippen LogP contribution in [0.3, 0.4) is 0 Å². The van der Waals surface area contributed by atoms with E-state index in [2.05, 4.69) is 24.4 Å². The van der Waals surface area contributed by atoms with Crippen LogP contribution in [0.4, 0.5) is 4.39 Å². The standard InChI is InChI=1S/C48H78FNO10/c1-2-3-4-5-6-7-8-9-10-14-17-20-23-41(52)44(54)40(33-34-58-48-47(57)46(56)45(55)42(35-51)60-48)50-43(53)24-21-18-15-12-11-13-16-19-22-36-25-29-38(30-26-36)59-39-31-27-37(49)28-32-39/h25-32,40-42,44-48,51-52,54-57H,2-24,33-35H2,1H3,(H,50,53)/t40-,41+,42?,44-,45+,46-,47?,48-/m0/s1. The summed E-state index contributed by atoms with van der Waals surface area (Å²) in [4.78, 5) is 13.0. The van der Waals surface area contributed by atoms with Crippen molar-refractivity contribution in [1.82, 2.24) is 5.32 Å². The zero-order chi connectivity index (χ0) is 43.4. The fourth-order valence-corrected chi connectivity index (χ4v) is 7.80. The van der Waals surface area contributed by atoms with Gasteiger partial charge in [-0.1, -0.05) is 135 Å². The van der Waals surface area contributed by atoms with Crippen molar-refractivity contribution in [2.45, 2.75) is 210 Å². The number of unbranched alkanes of at least 4 members (excludes halogenated alkanes) is 18. The van der Waals surface area contributed by atoms with Gasteiger partial charge in [-0.15, -0.1) is 0 Å². The average molecular weight is 848 g/mol. The summed E-state index contributed by atoms with van der Waals surface area (Å²) in [6.45, 7) is 1.57. The molecule has 342 valence electrons. The predicted octanol–water partition coefficient (Wildman–Crippen LogP) is 8.18. The number of benzene rings is 2. The topological polar surface area (TPSA) is 178 Å². The minimum atomic E-state index is -1.58. The van der Waals surface area contributed by atoms with Crippen LogP contribution in [0.1, 0.15) is 160 Å². The van der Waals surface area contributed by atoms with Gasteiger partial charge in [0.1, 0.15) is 47.8 Å². The summed E-state index contributed by atoms with van der Waals surface area (Å²) in [7, 11) is 0. The molecular weight excluding hydrogens is 770 g/mol. The Morgan fingerprint density at radius 3 is 1.77 bits per heavy atom. The van der Waals surface area contributed by atoms with E-state index in [9.17, 15) is 39.8 Å². The normalized spacial score (nSPS) is 20.8. The number of hydrogen-bond donors (Lipinski definition) is 7. The SMILES string of the molecule is CCCCCCCCCCCCCC[C@@H](O)[C@@H](O)[C@H](CCO[C@H]1OC(CO)[C@@H](O)[C@H](O)C1O)NC(=O)CCCCCCCCCCc1ccc(Oc2ccc(F)cc2)cc1. The molecule has 1 aliphatic rings. The summed E-state index contributed by atoms with van der Waals surface area (Å²) in [5.41, 5.74) is 1.25. The molecule has 0 bridgehead atoms. The zero-order valence-electron chi connectivity index (χ0n) is 36.3. The van der Waals surface area contributed by atoms with Crippen molar-refractivity contribution in [2.24, 2.45) is 0 Å². The summed E-state index contributed by atoms with van der Waals surface area (Å²) in [5, 5.41) is 65.1. The van der Waals surface area contributed by atoms with Crippen molar-refractivity contribution in [3.8, 4) is 11.5 Å². The number of aryl methyl sites for hydroxylation is 1. The highest BCUT2D eigenvalue weighted by Crippen LogP contribution is 2.24. The molecule has 11 nitrogen and oxygen atoms in total. The molecule has 1 fully saturated rings. The predicted molar refractivity (Wildman–Crippen MR) is 232 cm³/mol. The number of carbonyl (C=O) groups excluding carboxylic acids is 1. The maximum Gasteiger partial charge on any atom is 0.220 e. The minimum absolute atomic E-state index is 0.0872. The lowest BCUT2D eigenvalue weighted by atomic mass is 9.97. The third-order valence-electron chi connectivity index (χ3n) is 11.7.